The van der Waals surface area contributed by atoms with Crippen LogP contribution in [0.4, 0.5) is 0 Å². The molecule has 0 saturated carbocycles. The Hall–Kier alpha value is -1.52. The fraction of sp³-hybridized carbons (Fsp3) is 0.833. The average molecular weight is 412 g/mol. The molecule has 0 saturated heterocycles. The van der Waals surface area contributed by atoms with Crippen molar-refractivity contribution >= 4 is 11.7 Å². The van der Waals surface area contributed by atoms with Crippen LogP contribution >= 0.6 is 0 Å². The molecule has 29 heavy (non-hydrogen) atoms. The molecule has 5 nitrogen and oxygen atoms in total. The molecule has 0 rings (SSSR count). The minimum Gasteiger partial charge on any atom is -0.511 e. The van der Waals surface area contributed by atoms with Crippen molar-refractivity contribution in [3.05, 3.63) is 11.3 Å². The van der Waals surface area contributed by atoms with Crippen molar-refractivity contribution in [2.75, 3.05) is 7.11 Å². The van der Waals surface area contributed by atoms with E-state index in [1.165, 1.54) is 7.11 Å². The lowest BCUT2D eigenvalue weighted by Gasteiger charge is -2.25. The van der Waals surface area contributed by atoms with E-state index >= 15 is 0 Å². The summed E-state index contributed by atoms with van der Waals surface area (Å²) >= 11 is 0. The third-order valence-electron chi connectivity index (χ3n) is 5.39. The first kappa shape index (κ1) is 27.5. The Morgan fingerprint density at radius 2 is 1.45 bits per heavy atom. The summed E-state index contributed by atoms with van der Waals surface area (Å²) in [5, 5.41) is 25.0. The van der Waals surface area contributed by atoms with Crippen LogP contribution in [-0.2, 0) is 9.63 Å². The molecule has 0 bridgehead atoms. The molecular weight excluding hydrogens is 366 g/mol. The molecule has 0 aliphatic rings. The van der Waals surface area contributed by atoms with Crippen molar-refractivity contribution in [2.24, 2.45) is 34.7 Å². The molecule has 0 aromatic rings. The van der Waals surface area contributed by atoms with Gasteiger partial charge in [-0.05, 0) is 42.9 Å². The van der Waals surface area contributed by atoms with Crippen LogP contribution in [-0.4, -0.2) is 29.0 Å². The van der Waals surface area contributed by atoms with E-state index in [2.05, 4.69) is 39.8 Å². The Bertz CT molecular complexity index is 535. The summed E-state index contributed by atoms with van der Waals surface area (Å²) in [7, 11) is 1.41. The van der Waals surface area contributed by atoms with Gasteiger partial charge in [0, 0.05) is 5.92 Å². The molecule has 0 fully saturated rings. The van der Waals surface area contributed by atoms with Gasteiger partial charge in [0.1, 0.15) is 18.4 Å². The molecule has 0 unspecified atom stereocenters. The fourth-order valence-corrected chi connectivity index (χ4v) is 3.63. The van der Waals surface area contributed by atoms with Gasteiger partial charge in [0.25, 0.3) is 0 Å². The zero-order valence-electron chi connectivity index (χ0n) is 20.0. The topological polar surface area (TPSA) is 79.1 Å². The molecule has 2 N–H and O–H groups in total. The molecule has 0 radical (unpaired) electrons. The highest BCUT2D eigenvalue weighted by atomic mass is 16.6. The maximum Gasteiger partial charge on any atom is 0.341 e. The smallest absolute Gasteiger partial charge is 0.341 e. The molecule has 0 amide bonds. The first-order chi connectivity index (χ1) is 13.5. The van der Waals surface area contributed by atoms with Gasteiger partial charge in [0.05, 0.1) is 5.71 Å². The lowest BCUT2D eigenvalue weighted by Crippen LogP contribution is -2.22. The molecule has 0 aliphatic carbocycles. The molecule has 0 spiro atoms. The van der Waals surface area contributed by atoms with Gasteiger partial charge in [-0.15, -0.1) is 0 Å². The normalized spacial score (nSPS) is 15.6. The Morgan fingerprint density at radius 1 is 0.897 bits per heavy atom. The number of aliphatic carboxylic acids is 1. The van der Waals surface area contributed by atoms with Crippen LogP contribution in [0.3, 0.4) is 0 Å². The van der Waals surface area contributed by atoms with Crippen LogP contribution < -0.4 is 0 Å². The predicted molar refractivity (Wildman–Crippen MR) is 121 cm³/mol. The Kier molecular flexibility index (Phi) is 13.7. The summed E-state index contributed by atoms with van der Waals surface area (Å²) in [6.07, 6.45) is 6.26. The highest BCUT2D eigenvalue weighted by Crippen LogP contribution is 2.32. The number of nitrogens with zero attached hydrogens (tertiary/aromatic N) is 1. The summed E-state index contributed by atoms with van der Waals surface area (Å²) in [6, 6.07) is 0. The number of allylic oxidation sites excluding steroid dienone is 1. The predicted octanol–water partition coefficient (Wildman–Crippen LogP) is 6.84. The van der Waals surface area contributed by atoms with Gasteiger partial charge in [-0.2, -0.15) is 0 Å². The molecular formula is C24H45NO4. The zero-order valence-corrected chi connectivity index (χ0v) is 20.0. The third-order valence-corrected chi connectivity index (χ3v) is 5.39. The van der Waals surface area contributed by atoms with Gasteiger partial charge in [0.15, 0.2) is 0 Å². The van der Waals surface area contributed by atoms with E-state index < -0.39 is 5.97 Å². The second-order valence-corrected chi connectivity index (χ2v) is 9.53. The Balaban J connectivity index is 5.96. The van der Waals surface area contributed by atoms with Crippen molar-refractivity contribution in [1.82, 2.24) is 0 Å². The van der Waals surface area contributed by atoms with Crippen LogP contribution in [0.15, 0.2) is 16.5 Å². The maximum absolute atomic E-state index is 12.1. The summed E-state index contributed by atoms with van der Waals surface area (Å²) in [5.41, 5.74) is 0.241. The van der Waals surface area contributed by atoms with Gasteiger partial charge in [0.2, 0.25) is 0 Å². The number of carboxylic acid groups (broad SMARTS) is 1. The molecule has 170 valence electrons. The number of aliphatic hydroxyl groups is 1. The standard InChI is InChI=1S/C24H45NO4/c1-9-19(12-10-16(2)3)15-20(13-11-17(4)5)23(26)22(24(27)28)21(25-29-8)14-18(6)7/h16-20,26H,9-15H2,1-8H3,(H,27,28)/b23-22?,25-21-/t19-,20+/m0/s1. The maximum atomic E-state index is 12.1. The number of carbonyl (C=O) groups is 1. The number of rotatable bonds is 15. The van der Waals surface area contributed by atoms with Crippen LogP contribution in [0.1, 0.15) is 93.4 Å². The largest absolute Gasteiger partial charge is 0.511 e. The SMILES string of the molecule is CC[C@@H](CCC(C)C)C[C@@H](CCC(C)C)C(O)=C(C(=O)O)/C(CC(C)C)=N\OC. The van der Waals surface area contributed by atoms with Crippen molar-refractivity contribution in [1.29, 1.82) is 0 Å². The summed E-state index contributed by atoms with van der Waals surface area (Å²) < 4.78 is 0. The van der Waals surface area contributed by atoms with E-state index in [1.54, 1.807) is 0 Å². The average Bonchev–Trinajstić information content (AvgIpc) is 2.60. The van der Waals surface area contributed by atoms with Gasteiger partial charge >= 0.3 is 5.97 Å². The second-order valence-electron chi connectivity index (χ2n) is 9.53. The third kappa shape index (κ3) is 11.3. The minimum absolute atomic E-state index is 0.0300. The Morgan fingerprint density at radius 3 is 1.86 bits per heavy atom. The van der Waals surface area contributed by atoms with E-state index in [9.17, 15) is 15.0 Å². The van der Waals surface area contributed by atoms with E-state index in [0.717, 1.165) is 38.5 Å². The summed E-state index contributed by atoms with van der Waals surface area (Å²) in [4.78, 5) is 17.0. The van der Waals surface area contributed by atoms with Gasteiger partial charge in [-0.1, -0.05) is 79.3 Å². The highest BCUT2D eigenvalue weighted by molar-refractivity contribution is 6.19. The molecule has 2 atom stereocenters. The van der Waals surface area contributed by atoms with E-state index in [4.69, 9.17) is 4.84 Å². The molecule has 0 aromatic heterocycles. The van der Waals surface area contributed by atoms with E-state index in [-0.39, 0.29) is 23.2 Å². The zero-order chi connectivity index (χ0) is 22.6. The fourth-order valence-electron chi connectivity index (χ4n) is 3.63. The van der Waals surface area contributed by atoms with E-state index in [0.29, 0.717) is 29.9 Å². The van der Waals surface area contributed by atoms with Crippen molar-refractivity contribution in [3.8, 4) is 0 Å². The van der Waals surface area contributed by atoms with Crippen LogP contribution in [0.2, 0.25) is 0 Å². The molecule has 0 heterocycles. The van der Waals surface area contributed by atoms with Gasteiger partial charge in [-0.3, -0.25) is 0 Å². The lowest BCUT2D eigenvalue weighted by molar-refractivity contribution is -0.132. The van der Waals surface area contributed by atoms with E-state index in [1.807, 2.05) is 13.8 Å². The van der Waals surface area contributed by atoms with Gasteiger partial charge in [-0.25, -0.2) is 4.79 Å². The summed E-state index contributed by atoms with van der Waals surface area (Å²) in [5.74, 6) is 0.478. The number of carboxylic acids is 1. The molecule has 0 aromatic carbocycles. The summed E-state index contributed by atoms with van der Waals surface area (Å²) in [6.45, 7) is 14.9. The van der Waals surface area contributed by atoms with Crippen molar-refractivity contribution in [3.63, 3.8) is 0 Å². The number of aliphatic hydroxyl groups excluding tert-OH is 1. The molecule has 5 heteroatoms. The van der Waals surface area contributed by atoms with Crippen LogP contribution in [0.25, 0.3) is 0 Å². The van der Waals surface area contributed by atoms with Crippen LogP contribution in [0, 0.1) is 29.6 Å². The lowest BCUT2D eigenvalue weighted by atomic mass is 9.81. The van der Waals surface area contributed by atoms with Crippen molar-refractivity contribution < 1.29 is 19.8 Å². The second kappa shape index (κ2) is 14.5. The number of hydrogen-bond donors (Lipinski definition) is 2. The number of oxime groups is 1. The first-order valence-electron chi connectivity index (χ1n) is 11.3. The highest BCUT2D eigenvalue weighted by Gasteiger charge is 2.29. The van der Waals surface area contributed by atoms with Crippen molar-refractivity contribution in [2.45, 2.75) is 93.4 Å². The Labute approximate surface area is 178 Å². The van der Waals surface area contributed by atoms with Gasteiger partial charge < -0.3 is 15.1 Å². The monoisotopic (exact) mass is 411 g/mol. The molecule has 0 aliphatic heterocycles. The first-order valence-corrected chi connectivity index (χ1v) is 11.3. The number of hydrogen-bond acceptors (Lipinski definition) is 4. The van der Waals surface area contributed by atoms with Crippen LogP contribution in [0.5, 0.6) is 0 Å². The quantitative estimate of drug-likeness (QED) is 0.134. The minimum atomic E-state index is -1.14.